The molecule has 0 saturated heterocycles. The number of hydrazine groups is 1. The summed E-state index contributed by atoms with van der Waals surface area (Å²) < 4.78 is 5.16. The molecule has 0 aliphatic heterocycles. The number of hydrogen-bond donors (Lipinski definition) is 2. The molecular formula is C16H20N2O. The van der Waals surface area contributed by atoms with Gasteiger partial charge in [0.25, 0.3) is 0 Å². The van der Waals surface area contributed by atoms with E-state index in [0.29, 0.717) is 5.92 Å². The second-order valence-corrected chi connectivity index (χ2v) is 5.30. The zero-order valence-electron chi connectivity index (χ0n) is 11.0. The van der Waals surface area contributed by atoms with Crippen LogP contribution in [0.5, 0.6) is 0 Å². The van der Waals surface area contributed by atoms with Crippen molar-refractivity contribution in [1.29, 1.82) is 0 Å². The van der Waals surface area contributed by atoms with E-state index in [9.17, 15) is 0 Å². The van der Waals surface area contributed by atoms with Gasteiger partial charge in [0.15, 0.2) is 0 Å². The van der Waals surface area contributed by atoms with Crippen LogP contribution in [0.1, 0.15) is 47.9 Å². The predicted octanol–water partition coefficient (Wildman–Crippen LogP) is 3.29. The Morgan fingerprint density at radius 1 is 1.32 bits per heavy atom. The number of fused-ring (bicyclic) bond motifs is 1. The number of rotatable bonds is 4. The van der Waals surface area contributed by atoms with Crippen LogP contribution in [0.4, 0.5) is 0 Å². The topological polar surface area (TPSA) is 51.2 Å². The summed E-state index contributed by atoms with van der Waals surface area (Å²) >= 11 is 0. The summed E-state index contributed by atoms with van der Waals surface area (Å²) in [7, 11) is 0. The fourth-order valence-corrected chi connectivity index (χ4v) is 3.16. The summed E-state index contributed by atoms with van der Waals surface area (Å²) in [6.07, 6.45) is 8.22. The minimum Gasteiger partial charge on any atom is -0.472 e. The molecule has 3 rings (SSSR count). The Morgan fingerprint density at radius 3 is 3.00 bits per heavy atom. The summed E-state index contributed by atoms with van der Waals surface area (Å²) in [5.41, 5.74) is 7.05. The summed E-state index contributed by atoms with van der Waals surface area (Å²) in [6, 6.07) is 10.9. The molecule has 0 radical (unpaired) electrons. The van der Waals surface area contributed by atoms with Crippen molar-refractivity contribution in [2.24, 2.45) is 5.84 Å². The van der Waals surface area contributed by atoms with Crippen molar-refractivity contribution >= 4 is 0 Å². The zero-order chi connectivity index (χ0) is 13.1. The third-order valence-corrected chi connectivity index (χ3v) is 4.16. The maximum absolute atomic E-state index is 5.71. The SMILES string of the molecule is NNC(CC1CCCc2ccccc21)c1ccoc1. The minimum absolute atomic E-state index is 0.162. The van der Waals surface area contributed by atoms with E-state index in [1.54, 1.807) is 12.5 Å². The van der Waals surface area contributed by atoms with Crippen LogP contribution in [-0.4, -0.2) is 0 Å². The lowest BCUT2D eigenvalue weighted by Crippen LogP contribution is -2.29. The number of hydrogen-bond acceptors (Lipinski definition) is 3. The van der Waals surface area contributed by atoms with Crippen LogP contribution in [0.25, 0.3) is 0 Å². The number of aryl methyl sites for hydroxylation is 1. The molecule has 100 valence electrons. The maximum Gasteiger partial charge on any atom is 0.0950 e. The molecule has 2 atom stereocenters. The van der Waals surface area contributed by atoms with E-state index < -0.39 is 0 Å². The average Bonchev–Trinajstić information content (AvgIpc) is 2.99. The quantitative estimate of drug-likeness (QED) is 0.652. The van der Waals surface area contributed by atoms with Gasteiger partial charge in [-0.1, -0.05) is 24.3 Å². The molecule has 1 aromatic heterocycles. The summed E-state index contributed by atoms with van der Waals surface area (Å²) in [5, 5.41) is 0. The minimum atomic E-state index is 0.162. The molecular weight excluding hydrogens is 236 g/mol. The standard InChI is InChI=1S/C16H20N2O/c17-18-16(14-8-9-19-11-14)10-13-6-3-5-12-4-1-2-7-15(12)13/h1-2,4,7-9,11,13,16,18H,3,5-6,10,17H2. The summed E-state index contributed by atoms with van der Waals surface area (Å²) in [5.74, 6) is 6.29. The van der Waals surface area contributed by atoms with Crippen molar-refractivity contribution in [3.8, 4) is 0 Å². The molecule has 3 heteroatoms. The van der Waals surface area contributed by atoms with Crippen LogP contribution in [0.15, 0.2) is 47.3 Å². The Kier molecular flexibility index (Phi) is 3.67. The molecule has 19 heavy (non-hydrogen) atoms. The molecule has 1 aliphatic rings. The smallest absolute Gasteiger partial charge is 0.0950 e. The third-order valence-electron chi connectivity index (χ3n) is 4.16. The van der Waals surface area contributed by atoms with Gasteiger partial charge in [-0.3, -0.25) is 11.3 Å². The summed E-state index contributed by atoms with van der Waals surface area (Å²) in [6.45, 7) is 0. The van der Waals surface area contributed by atoms with E-state index in [-0.39, 0.29) is 6.04 Å². The van der Waals surface area contributed by atoms with Gasteiger partial charge in [0.2, 0.25) is 0 Å². The van der Waals surface area contributed by atoms with E-state index in [1.165, 1.54) is 30.4 Å². The van der Waals surface area contributed by atoms with Crippen molar-refractivity contribution < 1.29 is 4.42 Å². The molecule has 2 aromatic rings. The van der Waals surface area contributed by atoms with E-state index in [0.717, 1.165) is 12.0 Å². The van der Waals surface area contributed by atoms with E-state index in [4.69, 9.17) is 10.3 Å². The van der Waals surface area contributed by atoms with Crippen LogP contribution in [-0.2, 0) is 6.42 Å². The highest BCUT2D eigenvalue weighted by atomic mass is 16.3. The van der Waals surface area contributed by atoms with Gasteiger partial charge in [0.1, 0.15) is 0 Å². The highest BCUT2D eigenvalue weighted by Gasteiger charge is 2.23. The predicted molar refractivity (Wildman–Crippen MR) is 75.5 cm³/mol. The highest BCUT2D eigenvalue weighted by Crippen LogP contribution is 2.37. The molecule has 0 saturated carbocycles. The van der Waals surface area contributed by atoms with E-state index in [2.05, 4.69) is 29.7 Å². The molecule has 0 bridgehead atoms. The fraction of sp³-hybridized carbons (Fsp3) is 0.375. The number of nitrogens with one attached hydrogen (secondary N) is 1. The van der Waals surface area contributed by atoms with Crippen molar-refractivity contribution in [1.82, 2.24) is 5.43 Å². The van der Waals surface area contributed by atoms with Gasteiger partial charge < -0.3 is 4.42 Å². The monoisotopic (exact) mass is 256 g/mol. The van der Waals surface area contributed by atoms with Crippen LogP contribution in [0.3, 0.4) is 0 Å². The molecule has 2 unspecified atom stereocenters. The van der Waals surface area contributed by atoms with Crippen molar-refractivity contribution in [3.63, 3.8) is 0 Å². The highest BCUT2D eigenvalue weighted by molar-refractivity contribution is 5.33. The first-order valence-corrected chi connectivity index (χ1v) is 6.94. The Labute approximate surface area is 113 Å². The molecule has 1 aliphatic carbocycles. The lowest BCUT2D eigenvalue weighted by atomic mass is 9.79. The molecule has 1 heterocycles. The molecule has 0 spiro atoms. The van der Waals surface area contributed by atoms with Gasteiger partial charge >= 0.3 is 0 Å². The first-order valence-electron chi connectivity index (χ1n) is 6.94. The van der Waals surface area contributed by atoms with E-state index in [1.807, 2.05) is 6.07 Å². The molecule has 1 aromatic carbocycles. The van der Waals surface area contributed by atoms with Gasteiger partial charge in [-0.25, -0.2) is 0 Å². The average molecular weight is 256 g/mol. The Morgan fingerprint density at radius 2 is 2.21 bits per heavy atom. The lowest BCUT2D eigenvalue weighted by molar-refractivity contribution is 0.422. The van der Waals surface area contributed by atoms with Crippen LogP contribution in [0, 0.1) is 0 Å². The van der Waals surface area contributed by atoms with Crippen molar-refractivity contribution in [2.75, 3.05) is 0 Å². The van der Waals surface area contributed by atoms with Gasteiger partial charge in [-0.15, -0.1) is 0 Å². The number of benzene rings is 1. The van der Waals surface area contributed by atoms with E-state index >= 15 is 0 Å². The zero-order valence-corrected chi connectivity index (χ0v) is 11.0. The maximum atomic E-state index is 5.71. The van der Waals surface area contributed by atoms with Crippen LogP contribution >= 0.6 is 0 Å². The second-order valence-electron chi connectivity index (χ2n) is 5.30. The Bertz CT molecular complexity index is 521. The van der Waals surface area contributed by atoms with Crippen molar-refractivity contribution in [2.45, 2.75) is 37.6 Å². The van der Waals surface area contributed by atoms with Gasteiger partial charge in [0, 0.05) is 11.6 Å². The van der Waals surface area contributed by atoms with Crippen LogP contribution < -0.4 is 11.3 Å². The van der Waals surface area contributed by atoms with Gasteiger partial charge in [-0.2, -0.15) is 0 Å². The third kappa shape index (κ3) is 2.57. The molecule has 3 N–H and O–H groups in total. The largest absolute Gasteiger partial charge is 0.472 e. The second kappa shape index (κ2) is 5.59. The molecule has 3 nitrogen and oxygen atoms in total. The fourth-order valence-electron chi connectivity index (χ4n) is 3.16. The molecule has 0 amide bonds. The van der Waals surface area contributed by atoms with Gasteiger partial charge in [-0.05, 0) is 48.8 Å². The first-order chi connectivity index (χ1) is 9.38. The lowest BCUT2D eigenvalue weighted by Gasteiger charge is -2.28. The Balaban J connectivity index is 1.80. The Hall–Kier alpha value is -1.58. The summed E-state index contributed by atoms with van der Waals surface area (Å²) in [4.78, 5) is 0. The van der Waals surface area contributed by atoms with Gasteiger partial charge in [0.05, 0.1) is 12.5 Å². The number of nitrogens with two attached hydrogens (primary N) is 1. The van der Waals surface area contributed by atoms with Crippen molar-refractivity contribution in [3.05, 3.63) is 59.5 Å². The van der Waals surface area contributed by atoms with Crippen LogP contribution in [0.2, 0.25) is 0 Å². The first kappa shape index (κ1) is 12.5. The number of furan rings is 1. The molecule has 0 fully saturated rings. The normalized spacial score (nSPS) is 19.9.